The minimum Gasteiger partial charge on any atom is -0.326 e. The molecule has 2 N–H and O–H groups in total. The first-order valence-corrected chi connectivity index (χ1v) is 7.07. The quantitative estimate of drug-likeness (QED) is 0.690. The Labute approximate surface area is 101 Å². The van der Waals surface area contributed by atoms with Gasteiger partial charge in [-0.3, -0.25) is 0 Å². The fraction of sp³-hybridized carbons (Fsp3) is 1.00. The molecule has 1 saturated carbocycles. The van der Waals surface area contributed by atoms with Gasteiger partial charge in [-0.1, -0.05) is 39.5 Å². The molecule has 1 nitrogen and oxygen atoms in total. The predicted molar refractivity (Wildman–Crippen MR) is 71.5 cm³/mol. The minimum atomic E-state index is 0.129. The van der Waals surface area contributed by atoms with E-state index in [9.17, 15) is 0 Å². The van der Waals surface area contributed by atoms with E-state index in [4.69, 9.17) is 18.4 Å². The highest BCUT2D eigenvalue weighted by atomic mass is 32.1. The molecule has 90 valence electrons. The lowest BCUT2D eigenvalue weighted by molar-refractivity contribution is 0.230. The van der Waals surface area contributed by atoms with Crippen molar-refractivity contribution >= 4 is 12.6 Å². The topological polar surface area (TPSA) is 26.0 Å². The van der Waals surface area contributed by atoms with Crippen LogP contribution in [0.3, 0.4) is 0 Å². The van der Waals surface area contributed by atoms with E-state index in [2.05, 4.69) is 13.8 Å². The Morgan fingerprint density at radius 3 is 2.33 bits per heavy atom. The molecule has 0 aromatic carbocycles. The van der Waals surface area contributed by atoms with E-state index in [0.29, 0.717) is 6.04 Å². The molecular formula is C13H27NS. The van der Waals surface area contributed by atoms with Crippen LogP contribution >= 0.6 is 12.6 Å². The van der Waals surface area contributed by atoms with Crippen LogP contribution in [0, 0.1) is 5.92 Å². The first-order chi connectivity index (χ1) is 7.15. The summed E-state index contributed by atoms with van der Waals surface area (Å²) in [5.41, 5.74) is 6.30. The third kappa shape index (κ3) is 3.13. The molecule has 2 heteroatoms. The Morgan fingerprint density at radius 1 is 1.27 bits per heavy atom. The molecule has 1 aliphatic rings. The molecule has 0 aromatic heterocycles. The van der Waals surface area contributed by atoms with Crippen LogP contribution in [-0.4, -0.2) is 10.8 Å². The normalized spacial score (nSPS) is 32.2. The van der Waals surface area contributed by atoms with Crippen molar-refractivity contribution in [3.63, 3.8) is 0 Å². The molecule has 2 unspecified atom stereocenters. The molecule has 0 radical (unpaired) electrons. The molecule has 1 rings (SSSR count). The van der Waals surface area contributed by atoms with Gasteiger partial charge in [-0.2, -0.15) is 12.6 Å². The maximum Gasteiger partial charge on any atom is 0.0308 e. The zero-order valence-electron chi connectivity index (χ0n) is 10.3. The number of rotatable bonds is 5. The first kappa shape index (κ1) is 13.4. The lowest BCUT2D eigenvalue weighted by Crippen LogP contribution is -2.51. The summed E-state index contributed by atoms with van der Waals surface area (Å²) >= 11 is 4.98. The van der Waals surface area contributed by atoms with Crippen LogP contribution in [-0.2, 0) is 0 Å². The second-order valence-electron chi connectivity index (χ2n) is 5.12. The van der Waals surface area contributed by atoms with Crippen molar-refractivity contribution in [2.24, 2.45) is 11.7 Å². The fourth-order valence-corrected chi connectivity index (χ4v) is 3.60. The van der Waals surface area contributed by atoms with Crippen molar-refractivity contribution in [1.29, 1.82) is 0 Å². The number of hydrogen-bond acceptors (Lipinski definition) is 2. The van der Waals surface area contributed by atoms with E-state index in [1.165, 1.54) is 51.4 Å². The van der Waals surface area contributed by atoms with Crippen LogP contribution in [0.15, 0.2) is 0 Å². The molecule has 2 atom stereocenters. The van der Waals surface area contributed by atoms with Crippen LogP contribution < -0.4 is 5.73 Å². The van der Waals surface area contributed by atoms with Crippen LogP contribution in [0.1, 0.15) is 65.2 Å². The smallest absolute Gasteiger partial charge is 0.0308 e. The lowest BCUT2D eigenvalue weighted by atomic mass is 9.72. The van der Waals surface area contributed by atoms with Gasteiger partial charge in [0, 0.05) is 10.8 Å². The third-order valence-corrected chi connectivity index (χ3v) is 4.89. The van der Waals surface area contributed by atoms with Gasteiger partial charge in [0.2, 0.25) is 0 Å². The number of hydrogen-bond donors (Lipinski definition) is 2. The predicted octanol–water partition coefficient (Wildman–Crippen LogP) is 3.77. The van der Waals surface area contributed by atoms with Crippen molar-refractivity contribution in [1.82, 2.24) is 0 Å². The van der Waals surface area contributed by atoms with Crippen molar-refractivity contribution in [2.45, 2.75) is 76.0 Å². The van der Waals surface area contributed by atoms with Gasteiger partial charge in [-0.15, -0.1) is 0 Å². The Morgan fingerprint density at radius 2 is 1.87 bits per heavy atom. The zero-order chi connectivity index (χ0) is 11.3. The molecule has 15 heavy (non-hydrogen) atoms. The van der Waals surface area contributed by atoms with Gasteiger partial charge in [-0.05, 0) is 31.6 Å². The fourth-order valence-electron chi connectivity index (χ4n) is 3.06. The van der Waals surface area contributed by atoms with E-state index in [1.54, 1.807) is 0 Å². The summed E-state index contributed by atoms with van der Waals surface area (Å²) in [6, 6.07) is 0.317. The molecular weight excluding hydrogens is 202 g/mol. The van der Waals surface area contributed by atoms with Crippen LogP contribution in [0.4, 0.5) is 0 Å². The molecule has 0 aromatic rings. The summed E-state index contributed by atoms with van der Waals surface area (Å²) in [4.78, 5) is 0. The number of thiol groups is 1. The largest absolute Gasteiger partial charge is 0.326 e. The second-order valence-corrected chi connectivity index (χ2v) is 5.95. The molecule has 1 fully saturated rings. The summed E-state index contributed by atoms with van der Waals surface area (Å²) in [7, 11) is 0. The monoisotopic (exact) mass is 229 g/mol. The molecule has 0 heterocycles. The van der Waals surface area contributed by atoms with Gasteiger partial charge in [0.1, 0.15) is 0 Å². The van der Waals surface area contributed by atoms with Gasteiger partial charge in [0.05, 0.1) is 0 Å². The van der Waals surface area contributed by atoms with Crippen molar-refractivity contribution < 1.29 is 0 Å². The summed E-state index contributed by atoms with van der Waals surface area (Å²) in [6.45, 7) is 4.54. The zero-order valence-corrected chi connectivity index (χ0v) is 11.2. The SMILES string of the molecule is CCCC(CCC)C1(S)CCCCC1N. The van der Waals surface area contributed by atoms with Crippen LogP contribution in [0.2, 0.25) is 0 Å². The highest BCUT2D eigenvalue weighted by Crippen LogP contribution is 2.43. The van der Waals surface area contributed by atoms with Crippen molar-refractivity contribution in [3.05, 3.63) is 0 Å². The Hall–Kier alpha value is 0.310. The summed E-state index contributed by atoms with van der Waals surface area (Å²) < 4.78 is 0.129. The van der Waals surface area contributed by atoms with Gasteiger partial charge < -0.3 is 5.73 Å². The van der Waals surface area contributed by atoms with Gasteiger partial charge >= 0.3 is 0 Å². The summed E-state index contributed by atoms with van der Waals surface area (Å²) in [5.74, 6) is 0.728. The standard InChI is InChI=1S/C13H27NS/c1-3-7-11(8-4-2)13(15)10-6-5-9-12(13)14/h11-12,15H,3-10,14H2,1-2H3. The van der Waals surface area contributed by atoms with Crippen LogP contribution in [0.5, 0.6) is 0 Å². The van der Waals surface area contributed by atoms with Gasteiger partial charge in [-0.25, -0.2) is 0 Å². The van der Waals surface area contributed by atoms with E-state index in [1.807, 2.05) is 0 Å². The van der Waals surface area contributed by atoms with Gasteiger partial charge in [0.15, 0.2) is 0 Å². The number of nitrogens with two attached hydrogens (primary N) is 1. The summed E-state index contributed by atoms with van der Waals surface area (Å²) in [5, 5.41) is 0. The molecule has 0 spiro atoms. The van der Waals surface area contributed by atoms with Crippen molar-refractivity contribution in [2.75, 3.05) is 0 Å². The lowest BCUT2D eigenvalue weighted by Gasteiger charge is -2.44. The second kappa shape index (κ2) is 6.15. The Kier molecular flexibility index (Phi) is 5.48. The Balaban J connectivity index is 2.68. The Bertz CT molecular complexity index is 177. The van der Waals surface area contributed by atoms with E-state index in [0.717, 1.165) is 5.92 Å². The summed E-state index contributed by atoms with van der Waals surface area (Å²) in [6.07, 6.45) is 10.1. The average Bonchev–Trinajstić information content (AvgIpc) is 2.22. The molecule has 0 bridgehead atoms. The van der Waals surface area contributed by atoms with Crippen LogP contribution in [0.25, 0.3) is 0 Å². The maximum absolute atomic E-state index is 6.30. The third-order valence-electron chi connectivity index (χ3n) is 3.97. The highest BCUT2D eigenvalue weighted by Gasteiger charge is 2.40. The minimum absolute atomic E-state index is 0.129. The molecule has 0 saturated heterocycles. The maximum atomic E-state index is 6.30. The van der Waals surface area contributed by atoms with E-state index >= 15 is 0 Å². The molecule has 0 amide bonds. The average molecular weight is 229 g/mol. The highest BCUT2D eigenvalue weighted by molar-refractivity contribution is 7.81. The van der Waals surface area contributed by atoms with Crippen molar-refractivity contribution in [3.8, 4) is 0 Å². The van der Waals surface area contributed by atoms with E-state index < -0.39 is 0 Å². The first-order valence-electron chi connectivity index (χ1n) is 6.63. The van der Waals surface area contributed by atoms with Gasteiger partial charge in [0.25, 0.3) is 0 Å². The molecule has 1 aliphatic carbocycles. The van der Waals surface area contributed by atoms with E-state index in [-0.39, 0.29) is 4.75 Å². The molecule has 0 aliphatic heterocycles.